The first-order valence-electron chi connectivity index (χ1n) is 13.7. The quantitative estimate of drug-likeness (QED) is 0.459. The van der Waals surface area contributed by atoms with E-state index >= 15 is 0 Å². The molecular formula is C30H49N5O. The molecule has 1 amide bonds. The van der Waals surface area contributed by atoms with E-state index in [1.165, 1.54) is 22.3 Å². The van der Waals surface area contributed by atoms with Gasteiger partial charge in [-0.3, -0.25) is 9.69 Å². The van der Waals surface area contributed by atoms with Gasteiger partial charge in [-0.2, -0.15) is 0 Å². The van der Waals surface area contributed by atoms with Crippen LogP contribution in [0.25, 0.3) is 0 Å². The molecule has 0 saturated carbocycles. The lowest BCUT2D eigenvalue weighted by Gasteiger charge is -2.37. The van der Waals surface area contributed by atoms with Crippen LogP contribution in [0.15, 0.2) is 24.7 Å². The molecule has 2 N–H and O–H groups in total. The van der Waals surface area contributed by atoms with Gasteiger partial charge in [0.25, 0.3) is 0 Å². The van der Waals surface area contributed by atoms with Crippen LogP contribution in [0.1, 0.15) is 83.1 Å². The van der Waals surface area contributed by atoms with Crippen LogP contribution in [-0.2, 0) is 23.2 Å². The molecule has 0 spiro atoms. The van der Waals surface area contributed by atoms with Gasteiger partial charge in [-0.15, -0.1) is 0 Å². The maximum atomic E-state index is 13.5. The number of hydrogen-bond acceptors (Lipinski definition) is 4. The zero-order chi connectivity index (χ0) is 26.7. The van der Waals surface area contributed by atoms with Gasteiger partial charge in [-0.25, -0.2) is 4.98 Å². The summed E-state index contributed by atoms with van der Waals surface area (Å²) in [6.45, 7) is 19.4. The average molecular weight is 496 g/mol. The fourth-order valence-electron chi connectivity index (χ4n) is 5.42. The number of aromatic nitrogens is 2. The Morgan fingerprint density at radius 2 is 1.92 bits per heavy atom. The molecule has 2 aromatic rings. The van der Waals surface area contributed by atoms with Crippen LogP contribution in [0.4, 0.5) is 5.82 Å². The highest BCUT2D eigenvalue weighted by molar-refractivity contribution is 5.94. The van der Waals surface area contributed by atoms with Crippen molar-refractivity contribution in [3.8, 4) is 0 Å². The Labute approximate surface area is 219 Å². The molecule has 1 aromatic carbocycles. The number of imidazole rings is 1. The van der Waals surface area contributed by atoms with Crippen LogP contribution in [0.5, 0.6) is 0 Å². The first-order valence-corrected chi connectivity index (χ1v) is 13.7. The number of carbonyl (C=O) groups is 1. The largest absolute Gasteiger partial charge is 0.328 e. The second kappa shape index (κ2) is 11.5. The molecule has 0 saturated heterocycles. The van der Waals surface area contributed by atoms with E-state index < -0.39 is 0 Å². The number of anilines is 1. The van der Waals surface area contributed by atoms with E-state index in [1.807, 2.05) is 12.5 Å². The summed E-state index contributed by atoms with van der Waals surface area (Å²) in [5.41, 5.74) is 5.77. The van der Waals surface area contributed by atoms with Gasteiger partial charge in [0.1, 0.15) is 0 Å². The van der Waals surface area contributed by atoms with Gasteiger partial charge in [-0.05, 0) is 82.5 Å². The number of amides is 1. The molecule has 0 radical (unpaired) electrons. The smallest absolute Gasteiger partial charge is 0.242 e. The van der Waals surface area contributed by atoms with Crippen molar-refractivity contribution in [3.05, 3.63) is 46.9 Å². The number of carbonyl (C=O) groups excluding carboxylic acids is 1. The number of fused-ring (bicyclic) bond motifs is 1. The molecule has 0 fully saturated rings. The first kappa shape index (κ1) is 28.4. The molecule has 36 heavy (non-hydrogen) atoms. The predicted molar refractivity (Wildman–Crippen MR) is 151 cm³/mol. The fourth-order valence-corrected chi connectivity index (χ4v) is 5.42. The predicted octanol–water partition coefficient (Wildman–Crippen LogP) is 5.47. The minimum atomic E-state index is -0.168. The van der Waals surface area contributed by atoms with Crippen LogP contribution in [0, 0.1) is 19.3 Å². The van der Waals surface area contributed by atoms with Crippen molar-refractivity contribution in [2.45, 2.75) is 105 Å². The Morgan fingerprint density at radius 1 is 1.19 bits per heavy atom. The highest BCUT2D eigenvalue weighted by Crippen LogP contribution is 2.29. The third-order valence-corrected chi connectivity index (χ3v) is 7.57. The molecule has 1 aliphatic carbocycles. The second-order valence-corrected chi connectivity index (χ2v) is 12.7. The normalized spacial score (nSPS) is 17.2. The molecule has 0 bridgehead atoms. The molecule has 1 aliphatic rings. The van der Waals surface area contributed by atoms with E-state index in [2.05, 4.69) is 99.7 Å². The molecule has 0 aliphatic heterocycles. The number of benzene rings is 1. The Kier molecular flexibility index (Phi) is 9.05. The van der Waals surface area contributed by atoms with Crippen molar-refractivity contribution >= 4 is 11.7 Å². The summed E-state index contributed by atoms with van der Waals surface area (Å²) in [6.07, 6.45) is 8.76. The molecule has 1 heterocycles. The molecule has 2 atom stereocenters. The zero-order valence-corrected chi connectivity index (χ0v) is 24.2. The van der Waals surface area contributed by atoms with Gasteiger partial charge >= 0.3 is 0 Å². The second-order valence-electron chi connectivity index (χ2n) is 12.7. The standard InChI is InChI=1S/C30H49N5O/c1-10-11-26(34(9)24-13-12-23-15-21(2)14-22(3)25(23)16-24)28(36)33-27-17-35(20-32-27)30(7,8)19-31-18-29(4,5)6/h14-15,17,20,24,26,31H,10-13,16,18-19H2,1-9H3,(H,33,36)/t24-,26-/m0/s1. The van der Waals surface area contributed by atoms with Gasteiger partial charge in [-0.1, -0.05) is 51.8 Å². The Balaban J connectivity index is 1.66. The lowest BCUT2D eigenvalue weighted by molar-refractivity contribution is -0.122. The summed E-state index contributed by atoms with van der Waals surface area (Å²) in [5.74, 6) is 0.665. The number of nitrogens with one attached hydrogen (secondary N) is 2. The molecule has 6 heteroatoms. The van der Waals surface area contributed by atoms with Crippen molar-refractivity contribution < 1.29 is 4.79 Å². The third-order valence-electron chi connectivity index (χ3n) is 7.57. The number of nitrogens with zero attached hydrogens (tertiary/aromatic N) is 3. The van der Waals surface area contributed by atoms with Crippen molar-refractivity contribution in [2.75, 3.05) is 25.5 Å². The van der Waals surface area contributed by atoms with Crippen LogP contribution in [-0.4, -0.2) is 52.6 Å². The van der Waals surface area contributed by atoms with E-state index in [0.29, 0.717) is 11.9 Å². The van der Waals surface area contributed by atoms with E-state index in [1.54, 1.807) is 0 Å². The number of hydrogen-bond donors (Lipinski definition) is 2. The molecular weight excluding hydrogens is 446 g/mol. The van der Waals surface area contributed by atoms with E-state index in [4.69, 9.17) is 0 Å². The maximum absolute atomic E-state index is 13.5. The Bertz CT molecular complexity index is 1030. The number of aryl methyl sites for hydroxylation is 3. The van der Waals surface area contributed by atoms with Crippen molar-refractivity contribution in [1.82, 2.24) is 19.8 Å². The van der Waals surface area contributed by atoms with Crippen LogP contribution < -0.4 is 10.6 Å². The summed E-state index contributed by atoms with van der Waals surface area (Å²) in [5, 5.41) is 6.70. The van der Waals surface area contributed by atoms with Crippen molar-refractivity contribution in [2.24, 2.45) is 5.41 Å². The van der Waals surface area contributed by atoms with E-state index in [0.717, 1.165) is 45.2 Å². The summed E-state index contributed by atoms with van der Waals surface area (Å²) in [7, 11) is 2.13. The van der Waals surface area contributed by atoms with Gasteiger partial charge < -0.3 is 15.2 Å². The van der Waals surface area contributed by atoms with Crippen LogP contribution >= 0.6 is 0 Å². The summed E-state index contributed by atoms with van der Waals surface area (Å²) >= 11 is 0. The van der Waals surface area contributed by atoms with Gasteiger partial charge in [0.15, 0.2) is 5.82 Å². The van der Waals surface area contributed by atoms with Crippen molar-refractivity contribution in [3.63, 3.8) is 0 Å². The highest BCUT2D eigenvalue weighted by Gasteiger charge is 2.31. The van der Waals surface area contributed by atoms with Crippen molar-refractivity contribution in [1.29, 1.82) is 0 Å². The van der Waals surface area contributed by atoms with E-state index in [-0.39, 0.29) is 22.9 Å². The number of rotatable bonds is 10. The van der Waals surface area contributed by atoms with Gasteiger partial charge in [0, 0.05) is 25.3 Å². The molecule has 6 nitrogen and oxygen atoms in total. The summed E-state index contributed by atoms with van der Waals surface area (Å²) in [4.78, 5) is 20.3. The Hall–Kier alpha value is -2.18. The summed E-state index contributed by atoms with van der Waals surface area (Å²) < 4.78 is 2.10. The maximum Gasteiger partial charge on any atom is 0.242 e. The average Bonchev–Trinajstić information content (AvgIpc) is 3.25. The topological polar surface area (TPSA) is 62.2 Å². The van der Waals surface area contributed by atoms with Crippen LogP contribution in [0.2, 0.25) is 0 Å². The fraction of sp³-hybridized carbons (Fsp3) is 0.667. The molecule has 200 valence electrons. The summed E-state index contributed by atoms with van der Waals surface area (Å²) in [6, 6.07) is 4.82. The van der Waals surface area contributed by atoms with Gasteiger partial charge in [0.2, 0.25) is 5.91 Å². The van der Waals surface area contributed by atoms with E-state index in [9.17, 15) is 4.79 Å². The minimum Gasteiger partial charge on any atom is -0.328 e. The number of likely N-dealkylation sites (N-methyl/N-ethyl adjacent to an activating group) is 1. The molecule has 1 aromatic heterocycles. The minimum absolute atomic E-state index is 0.0414. The first-order chi connectivity index (χ1) is 16.8. The third kappa shape index (κ3) is 7.19. The van der Waals surface area contributed by atoms with Gasteiger partial charge in [0.05, 0.1) is 17.9 Å². The Morgan fingerprint density at radius 3 is 2.58 bits per heavy atom. The lowest BCUT2D eigenvalue weighted by atomic mass is 9.83. The molecule has 3 rings (SSSR count). The molecule has 0 unspecified atom stereocenters. The highest BCUT2D eigenvalue weighted by atomic mass is 16.2. The monoisotopic (exact) mass is 495 g/mol. The zero-order valence-electron chi connectivity index (χ0n) is 24.2. The van der Waals surface area contributed by atoms with Crippen LogP contribution in [0.3, 0.4) is 0 Å². The SMILES string of the molecule is CCC[C@@H](C(=O)Nc1cn(C(C)(C)CNCC(C)(C)C)cn1)N(C)[C@H]1CCc2cc(C)cc(C)c2C1. The lowest BCUT2D eigenvalue weighted by Crippen LogP contribution is -2.49.